The van der Waals surface area contributed by atoms with E-state index in [0.717, 1.165) is 70.7 Å². The minimum atomic E-state index is -4.07. The molecule has 9 heteroatoms. The quantitative estimate of drug-likeness (QED) is 0.257. The molecule has 39 heavy (non-hydrogen) atoms. The van der Waals surface area contributed by atoms with E-state index in [-0.39, 0.29) is 21.3 Å². The SMILES string of the molecule is COc1ccc2c(c1)O[C@@]1(c3ccc(OC)cc3OS(=O)(=O)c3ccc(Br)s3)CCCC[C@@H]1C21CCCCC1. The molecule has 3 aliphatic rings. The molecule has 2 saturated carbocycles. The highest BCUT2D eigenvalue weighted by atomic mass is 79.9. The van der Waals surface area contributed by atoms with E-state index in [1.54, 1.807) is 32.4 Å². The Kier molecular flexibility index (Phi) is 7.13. The molecule has 0 bridgehead atoms. The number of fused-ring (bicyclic) bond motifs is 4. The molecule has 0 N–H and O–H groups in total. The number of methoxy groups -OCH3 is 2. The maximum atomic E-state index is 13.5. The van der Waals surface area contributed by atoms with Crippen molar-refractivity contribution in [3.05, 3.63) is 63.4 Å². The highest BCUT2D eigenvalue weighted by Gasteiger charge is 2.60. The lowest BCUT2D eigenvalue weighted by Crippen LogP contribution is -2.57. The lowest BCUT2D eigenvalue weighted by molar-refractivity contribution is -0.0956. The summed E-state index contributed by atoms with van der Waals surface area (Å²) in [5, 5.41) is 0. The van der Waals surface area contributed by atoms with E-state index in [1.807, 2.05) is 24.3 Å². The second-order valence-corrected chi connectivity index (χ2v) is 15.1. The number of halogens is 1. The molecule has 1 aliphatic heterocycles. The molecule has 2 aromatic carbocycles. The van der Waals surface area contributed by atoms with Crippen molar-refractivity contribution in [1.82, 2.24) is 0 Å². The van der Waals surface area contributed by atoms with Crippen molar-refractivity contribution in [2.45, 2.75) is 73.0 Å². The molecular formula is C30H33BrO6S2. The fourth-order valence-electron chi connectivity index (χ4n) is 7.31. The molecule has 2 atom stereocenters. The van der Waals surface area contributed by atoms with Crippen molar-refractivity contribution in [3.63, 3.8) is 0 Å². The lowest BCUT2D eigenvalue weighted by Gasteiger charge is -2.58. The normalized spacial score (nSPS) is 23.8. The van der Waals surface area contributed by atoms with Crippen molar-refractivity contribution < 1.29 is 26.8 Å². The van der Waals surface area contributed by atoms with Crippen LogP contribution in [-0.2, 0) is 21.1 Å². The first-order valence-electron chi connectivity index (χ1n) is 13.6. The maximum absolute atomic E-state index is 13.5. The van der Waals surface area contributed by atoms with Gasteiger partial charge in [-0.3, -0.25) is 0 Å². The summed E-state index contributed by atoms with van der Waals surface area (Å²) >= 11 is 4.50. The van der Waals surface area contributed by atoms with Crippen molar-refractivity contribution >= 4 is 37.4 Å². The summed E-state index contributed by atoms with van der Waals surface area (Å²) in [7, 11) is -0.826. The summed E-state index contributed by atoms with van der Waals surface area (Å²) in [6.07, 6.45) is 9.67. The standard InChI is InChI=1S/C30H33BrO6S2/c1-34-20-9-11-22-24(18-20)36-30(17-7-4-8-26(30)29(22)15-5-3-6-16-29)23-12-10-21(35-2)19-25(23)37-39(32,33)28-14-13-27(31)38-28/h9-14,18-19,26H,3-8,15-17H2,1-2H3/t26-,30-/m1/s1. The number of hydrogen-bond donors (Lipinski definition) is 0. The number of rotatable bonds is 6. The van der Waals surface area contributed by atoms with Gasteiger partial charge in [0.05, 0.1) is 18.0 Å². The fraction of sp³-hybridized carbons (Fsp3) is 0.467. The van der Waals surface area contributed by atoms with Crippen molar-refractivity contribution in [2.75, 3.05) is 14.2 Å². The summed E-state index contributed by atoms with van der Waals surface area (Å²) < 4.78 is 52.0. The molecule has 0 saturated heterocycles. The first-order valence-corrected chi connectivity index (χ1v) is 16.6. The first-order chi connectivity index (χ1) is 18.8. The Morgan fingerprint density at radius 1 is 0.872 bits per heavy atom. The molecule has 6 rings (SSSR count). The molecule has 3 aromatic rings. The fourth-order valence-corrected chi connectivity index (χ4v) is 10.2. The Hall–Kier alpha value is -2.23. The van der Waals surface area contributed by atoms with Gasteiger partial charge in [-0.05, 0) is 78.4 Å². The van der Waals surface area contributed by atoms with E-state index in [0.29, 0.717) is 5.75 Å². The predicted octanol–water partition coefficient (Wildman–Crippen LogP) is 7.98. The van der Waals surface area contributed by atoms with Gasteiger partial charge >= 0.3 is 10.1 Å². The summed E-state index contributed by atoms with van der Waals surface area (Å²) in [6, 6.07) is 15.0. The van der Waals surface area contributed by atoms with Gasteiger partial charge in [0.15, 0.2) is 9.96 Å². The summed E-state index contributed by atoms with van der Waals surface area (Å²) in [5.74, 6) is 2.57. The summed E-state index contributed by atoms with van der Waals surface area (Å²) in [6.45, 7) is 0. The van der Waals surface area contributed by atoms with Gasteiger partial charge in [-0.1, -0.05) is 31.7 Å². The van der Waals surface area contributed by atoms with E-state index in [1.165, 1.54) is 24.8 Å². The highest BCUT2D eigenvalue weighted by molar-refractivity contribution is 9.11. The van der Waals surface area contributed by atoms with Crippen LogP contribution in [0.1, 0.15) is 68.9 Å². The molecule has 6 nitrogen and oxygen atoms in total. The van der Waals surface area contributed by atoms with E-state index in [9.17, 15) is 8.42 Å². The minimum Gasteiger partial charge on any atom is -0.497 e. The van der Waals surface area contributed by atoms with Crippen LogP contribution in [0.2, 0.25) is 0 Å². The minimum absolute atomic E-state index is 0.0484. The predicted molar refractivity (Wildman–Crippen MR) is 155 cm³/mol. The molecule has 2 heterocycles. The van der Waals surface area contributed by atoms with E-state index in [2.05, 4.69) is 22.0 Å². The Labute approximate surface area is 242 Å². The van der Waals surface area contributed by atoms with Crippen LogP contribution < -0.4 is 18.4 Å². The Balaban J connectivity index is 1.55. The molecule has 2 aliphatic carbocycles. The maximum Gasteiger partial charge on any atom is 0.348 e. The topological polar surface area (TPSA) is 71.1 Å². The third-order valence-electron chi connectivity index (χ3n) is 8.92. The Morgan fingerprint density at radius 3 is 2.26 bits per heavy atom. The van der Waals surface area contributed by atoms with Crippen LogP contribution in [-0.4, -0.2) is 22.6 Å². The molecule has 1 spiro atoms. The molecule has 0 unspecified atom stereocenters. The average Bonchev–Trinajstić information content (AvgIpc) is 3.40. The lowest BCUT2D eigenvalue weighted by atomic mass is 9.51. The molecule has 1 aromatic heterocycles. The zero-order valence-electron chi connectivity index (χ0n) is 22.2. The Bertz CT molecular complexity index is 1480. The number of hydrogen-bond acceptors (Lipinski definition) is 7. The molecular weight excluding hydrogens is 600 g/mol. The zero-order chi connectivity index (χ0) is 27.3. The number of benzene rings is 2. The zero-order valence-corrected chi connectivity index (χ0v) is 25.4. The summed E-state index contributed by atoms with van der Waals surface area (Å²) in [4.78, 5) is 0. The van der Waals surface area contributed by atoms with Gasteiger partial charge in [0.25, 0.3) is 0 Å². The van der Waals surface area contributed by atoms with Gasteiger partial charge in [0, 0.05) is 34.6 Å². The van der Waals surface area contributed by atoms with Gasteiger partial charge in [-0.2, -0.15) is 8.42 Å². The van der Waals surface area contributed by atoms with Crippen LogP contribution in [0.25, 0.3) is 0 Å². The number of ether oxygens (including phenoxy) is 3. The van der Waals surface area contributed by atoms with Gasteiger partial charge in [-0.25, -0.2) is 0 Å². The average molecular weight is 634 g/mol. The van der Waals surface area contributed by atoms with Crippen molar-refractivity contribution in [2.24, 2.45) is 5.92 Å². The van der Waals surface area contributed by atoms with Gasteiger partial charge < -0.3 is 18.4 Å². The Morgan fingerprint density at radius 2 is 1.56 bits per heavy atom. The third kappa shape index (κ3) is 4.54. The van der Waals surface area contributed by atoms with Gasteiger partial charge in [0.1, 0.15) is 22.8 Å². The molecule has 0 amide bonds. The summed E-state index contributed by atoms with van der Waals surface area (Å²) in [5.41, 5.74) is 1.25. The van der Waals surface area contributed by atoms with E-state index >= 15 is 0 Å². The van der Waals surface area contributed by atoms with E-state index < -0.39 is 15.7 Å². The van der Waals surface area contributed by atoms with Crippen molar-refractivity contribution in [3.8, 4) is 23.0 Å². The molecule has 2 fully saturated rings. The first kappa shape index (κ1) is 27.0. The second kappa shape index (κ2) is 10.3. The second-order valence-electron chi connectivity index (χ2n) is 10.8. The highest BCUT2D eigenvalue weighted by Crippen LogP contribution is 2.64. The molecule has 0 radical (unpaired) electrons. The monoisotopic (exact) mass is 632 g/mol. The van der Waals surface area contributed by atoms with Crippen LogP contribution in [0.5, 0.6) is 23.0 Å². The van der Waals surface area contributed by atoms with Crippen LogP contribution in [0.15, 0.2) is 56.5 Å². The number of thiophene rings is 1. The van der Waals surface area contributed by atoms with Gasteiger partial charge in [0.2, 0.25) is 0 Å². The van der Waals surface area contributed by atoms with Crippen molar-refractivity contribution in [1.29, 1.82) is 0 Å². The smallest absolute Gasteiger partial charge is 0.348 e. The van der Waals surface area contributed by atoms with Gasteiger partial charge in [-0.15, -0.1) is 11.3 Å². The largest absolute Gasteiger partial charge is 0.497 e. The van der Waals surface area contributed by atoms with Crippen LogP contribution >= 0.6 is 27.3 Å². The third-order valence-corrected chi connectivity index (χ3v) is 12.2. The molecule has 208 valence electrons. The van der Waals surface area contributed by atoms with Crippen LogP contribution in [0.4, 0.5) is 0 Å². The van der Waals surface area contributed by atoms with E-state index in [4.69, 9.17) is 18.4 Å². The van der Waals surface area contributed by atoms with Crippen LogP contribution in [0.3, 0.4) is 0 Å². The van der Waals surface area contributed by atoms with Crippen LogP contribution in [0, 0.1) is 5.92 Å².